The number of nitrogens with one attached hydrogen (secondary N) is 2. The van der Waals surface area contributed by atoms with Gasteiger partial charge in [0.15, 0.2) is 0 Å². The molecule has 128 valence electrons. The number of oxazole rings is 1. The van der Waals surface area contributed by atoms with Crippen molar-refractivity contribution in [1.82, 2.24) is 10.3 Å². The molecule has 0 saturated carbocycles. The lowest BCUT2D eigenvalue weighted by Gasteiger charge is -2.07. The number of anilines is 1. The first-order chi connectivity index (χ1) is 12.2. The third-order valence-electron chi connectivity index (χ3n) is 3.68. The number of hydrogen-bond acceptors (Lipinski definition) is 4. The molecular formula is C19H19N3O3. The smallest absolute Gasteiger partial charge is 0.319 e. The van der Waals surface area contributed by atoms with Gasteiger partial charge in [-0.05, 0) is 43.3 Å². The number of carbonyl (C=O) groups is 1. The lowest BCUT2D eigenvalue weighted by atomic mass is 10.2. The number of amides is 2. The van der Waals surface area contributed by atoms with Gasteiger partial charge in [-0.15, -0.1) is 0 Å². The maximum absolute atomic E-state index is 12.0. The summed E-state index contributed by atoms with van der Waals surface area (Å²) in [5, 5.41) is 5.54. The van der Waals surface area contributed by atoms with E-state index in [9.17, 15) is 4.79 Å². The zero-order chi connectivity index (χ0) is 17.6. The van der Waals surface area contributed by atoms with Crippen LogP contribution < -0.4 is 15.4 Å². The van der Waals surface area contributed by atoms with Crippen molar-refractivity contribution in [3.05, 3.63) is 66.1 Å². The minimum atomic E-state index is -0.311. The van der Waals surface area contributed by atoms with E-state index in [2.05, 4.69) is 15.6 Å². The fraction of sp³-hybridized carbons (Fsp3) is 0.158. The van der Waals surface area contributed by atoms with Crippen molar-refractivity contribution in [2.24, 2.45) is 0 Å². The number of aromatic nitrogens is 1. The number of rotatable bonds is 5. The van der Waals surface area contributed by atoms with Crippen LogP contribution in [0.2, 0.25) is 0 Å². The molecule has 0 spiro atoms. The van der Waals surface area contributed by atoms with E-state index in [1.54, 1.807) is 31.4 Å². The van der Waals surface area contributed by atoms with Crippen molar-refractivity contribution in [1.29, 1.82) is 0 Å². The Labute approximate surface area is 145 Å². The Balaban J connectivity index is 1.59. The fourth-order valence-corrected chi connectivity index (χ4v) is 2.31. The highest BCUT2D eigenvalue weighted by Crippen LogP contribution is 2.21. The zero-order valence-corrected chi connectivity index (χ0v) is 14.1. The molecule has 1 aromatic heterocycles. The van der Waals surface area contributed by atoms with Gasteiger partial charge in [-0.2, -0.15) is 0 Å². The van der Waals surface area contributed by atoms with Gasteiger partial charge in [0.25, 0.3) is 0 Å². The molecule has 3 rings (SSSR count). The highest BCUT2D eigenvalue weighted by molar-refractivity contribution is 5.89. The summed E-state index contributed by atoms with van der Waals surface area (Å²) in [4.78, 5) is 16.5. The summed E-state index contributed by atoms with van der Waals surface area (Å²) in [6.07, 6.45) is 0. The second kappa shape index (κ2) is 7.53. The van der Waals surface area contributed by atoms with E-state index in [1.165, 1.54) is 0 Å². The van der Waals surface area contributed by atoms with Crippen LogP contribution in [-0.4, -0.2) is 18.1 Å². The maximum atomic E-state index is 12.0. The molecule has 1 heterocycles. The molecule has 0 atom stereocenters. The summed E-state index contributed by atoms with van der Waals surface area (Å²) >= 11 is 0. The van der Waals surface area contributed by atoms with Crippen LogP contribution in [0.1, 0.15) is 11.5 Å². The number of nitrogens with zero attached hydrogens (tertiary/aromatic N) is 1. The van der Waals surface area contributed by atoms with Crippen LogP contribution in [0.15, 0.2) is 59.0 Å². The van der Waals surface area contributed by atoms with Gasteiger partial charge in [-0.25, -0.2) is 9.78 Å². The molecule has 0 fully saturated rings. The third kappa shape index (κ3) is 4.17. The first kappa shape index (κ1) is 16.6. The van der Waals surface area contributed by atoms with Gasteiger partial charge in [-0.1, -0.05) is 18.2 Å². The van der Waals surface area contributed by atoms with Gasteiger partial charge in [-0.3, -0.25) is 0 Å². The fourth-order valence-electron chi connectivity index (χ4n) is 2.31. The van der Waals surface area contributed by atoms with E-state index >= 15 is 0 Å². The molecule has 6 nitrogen and oxygen atoms in total. The Morgan fingerprint density at radius 2 is 1.84 bits per heavy atom. The number of methoxy groups -OCH3 is 1. The Hall–Kier alpha value is -3.28. The molecule has 0 saturated heterocycles. The SMILES string of the molecule is COc1ccc(NC(=O)NCc2nc(-c3ccccc3)oc2C)cc1. The Morgan fingerprint density at radius 3 is 2.52 bits per heavy atom. The van der Waals surface area contributed by atoms with Crippen LogP contribution in [0.5, 0.6) is 5.75 Å². The minimum absolute atomic E-state index is 0.282. The molecule has 0 unspecified atom stereocenters. The van der Waals surface area contributed by atoms with Gasteiger partial charge in [0.05, 0.1) is 13.7 Å². The number of hydrogen-bond donors (Lipinski definition) is 2. The quantitative estimate of drug-likeness (QED) is 0.738. The van der Waals surface area contributed by atoms with Crippen molar-refractivity contribution < 1.29 is 13.9 Å². The van der Waals surface area contributed by atoms with Crippen LogP contribution in [-0.2, 0) is 6.54 Å². The van der Waals surface area contributed by atoms with E-state index in [4.69, 9.17) is 9.15 Å². The highest BCUT2D eigenvalue weighted by atomic mass is 16.5. The lowest BCUT2D eigenvalue weighted by Crippen LogP contribution is -2.28. The minimum Gasteiger partial charge on any atom is -0.497 e. The molecule has 2 aromatic carbocycles. The first-order valence-electron chi connectivity index (χ1n) is 7.86. The zero-order valence-electron chi connectivity index (χ0n) is 14.1. The second-order valence-corrected chi connectivity index (χ2v) is 5.42. The molecule has 0 radical (unpaired) electrons. The van der Waals surface area contributed by atoms with Gasteiger partial charge in [0.2, 0.25) is 5.89 Å². The van der Waals surface area contributed by atoms with Crippen molar-refractivity contribution in [3.8, 4) is 17.2 Å². The summed E-state index contributed by atoms with van der Waals surface area (Å²) in [5.74, 6) is 1.96. The van der Waals surface area contributed by atoms with Crippen LogP contribution in [0.4, 0.5) is 10.5 Å². The van der Waals surface area contributed by atoms with E-state index < -0.39 is 0 Å². The van der Waals surface area contributed by atoms with Gasteiger partial charge < -0.3 is 19.8 Å². The van der Waals surface area contributed by atoms with E-state index in [0.29, 0.717) is 23.0 Å². The summed E-state index contributed by atoms with van der Waals surface area (Å²) in [5.41, 5.74) is 2.28. The number of aryl methyl sites for hydroxylation is 1. The molecule has 0 bridgehead atoms. The summed E-state index contributed by atoms with van der Waals surface area (Å²) in [6.45, 7) is 2.11. The van der Waals surface area contributed by atoms with Crippen LogP contribution in [0.3, 0.4) is 0 Å². The number of urea groups is 1. The van der Waals surface area contributed by atoms with Gasteiger partial charge in [0.1, 0.15) is 17.2 Å². The molecule has 2 amide bonds. The molecule has 6 heteroatoms. The molecule has 2 N–H and O–H groups in total. The molecule has 3 aromatic rings. The van der Waals surface area contributed by atoms with Crippen LogP contribution in [0.25, 0.3) is 11.5 Å². The highest BCUT2D eigenvalue weighted by Gasteiger charge is 2.12. The molecular weight excluding hydrogens is 318 g/mol. The molecule has 0 aliphatic heterocycles. The molecule has 0 aliphatic carbocycles. The third-order valence-corrected chi connectivity index (χ3v) is 3.68. The van der Waals surface area contributed by atoms with E-state index in [1.807, 2.05) is 37.3 Å². The van der Waals surface area contributed by atoms with E-state index in [0.717, 1.165) is 11.3 Å². The van der Waals surface area contributed by atoms with Crippen molar-refractivity contribution in [2.75, 3.05) is 12.4 Å². The summed E-state index contributed by atoms with van der Waals surface area (Å²) < 4.78 is 10.8. The Kier molecular flexibility index (Phi) is 4.99. The van der Waals surface area contributed by atoms with Crippen molar-refractivity contribution >= 4 is 11.7 Å². The summed E-state index contributed by atoms with van der Waals surface area (Å²) in [7, 11) is 1.60. The predicted molar refractivity (Wildman–Crippen MR) is 95.5 cm³/mol. The number of ether oxygens (including phenoxy) is 1. The second-order valence-electron chi connectivity index (χ2n) is 5.42. The Morgan fingerprint density at radius 1 is 1.12 bits per heavy atom. The average molecular weight is 337 g/mol. The van der Waals surface area contributed by atoms with Gasteiger partial charge in [0, 0.05) is 11.3 Å². The summed E-state index contributed by atoms with van der Waals surface area (Å²) in [6, 6.07) is 16.4. The number of benzene rings is 2. The number of carbonyl (C=O) groups excluding carboxylic acids is 1. The van der Waals surface area contributed by atoms with Crippen molar-refractivity contribution in [3.63, 3.8) is 0 Å². The monoisotopic (exact) mass is 337 g/mol. The molecule has 0 aliphatic rings. The maximum Gasteiger partial charge on any atom is 0.319 e. The Bertz CT molecular complexity index is 842. The standard InChI is InChI=1S/C19H19N3O3/c1-13-17(22-18(25-13)14-6-4-3-5-7-14)12-20-19(23)21-15-8-10-16(24-2)11-9-15/h3-11H,12H2,1-2H3,(H2,20,21,23). The van der Waals surface area contributed by atoms with E-state index in [-0.39, 0.29) is 12.6 Å². The average Bonchev–Trinajstić information content (AvgIpc) is 3.02. The van der Waals surface area contributed by atoms with Crippen molar-refractivity contribution in [2.45, 2.75) is 13.5 Å². The molecule has 25 heavy (non-hydrogen) atoms. The lowest BCUT2D eigenvalue weighted by molar-refractivity contribution is 0.251. The largest absolute Gasteiger partial charge is 0.497 e. The normalized spacial score (nSPS) is 10.3. The predicted octanol–water partition coefficient (Wildman–Crippen LogP) is 3.98. The first-order valence-corrected chi connectivity index (χ1v) is 7.86. The topological polar surface area (TPSA) is 76.4 Å². The van der Waals surface area contributed by atoms with Gasteiger partial charge >= 0.3 is 6.03 Å². The van der Waals surface area contributed by atoms with Crippen LogP contribution in [0, 0.1) is 6.92 Å². The van der Waals surface area contributed by atoms with Crippen LogP contribution >= 0.6 is 0 Å².